The van der Waals surface area contributed by atoms with E-state index in [4.69, 9.17) is 9.40 Å². The van der Waals surface area contributed by atoms with Crippen LogP contribution in [-0.4, -0.2) is 24.7 Å². The maximum absolute atomic E-state index is 12.9. The summed E-state index contributed by atoms with van der Waals surface area (Å²) < 4.78 is 7.54. The van der Waals surface area contributed by atoms with Gasteiger partial charge >= 0.3 is 0 Å². The standard InChI is InChI=1S/C24H21N5O2S2/c1-14-9-10-16-18(12-14)33-23-20(16)22(30)25-19(26-23)13-32-24-28-27-21(17-8-5-11-31-17)29(24)15-6-3-2-4-7-15/h2-8,11,14H,9-10,12-13H2,1H3,(H,25,26,30). The lowest BCUT2D eigenvalue weighted by Gasteiger charge is -2.17. The van der Waals surface area contributed by atoms with Crippen LogP contribution in [0.1, 0.15) is 29.6 Å². The average Bonchev–Trinajstić information content (AvgIpc) is 3.55. The van der Waals surface area contributed by atoms with E-state index in [1.807, 2.05) is 47.0 Å². The van der Waals surface area contributed by atoms with E-state index in [9.17, 15) is 4.79 Å². The Hall–Kier alpha value is -3.17. The number of nitrogens with zero attached hydrogens (tertiary/aromatic N) is 4. The summed E-state index contributed by atoms with van der Waals surface area (Å²) in [5.41, 5.74) is 2.10. The summed E-state index contributed by atoms with van der Waals surface area (Å²) in [4.78, 5) is 22.9. The number of H-pyrrole nitrogens is 1. The Balaban J connectivity index is 1.34. The molecule has 7 nitrogen and oxygen atoms in total. The molecule has 0 spiro atoms. The summed E-state index contributed by atoms with van der Waals surface area (Å²) in [6, 6.07) is 13.6. The molecule has 0 bridgehead atoms. The molecule has 0 radical (unpaired) electrons. The number of para-hydroxylation sites is 1. The number of thiophene rings is 1. The largest absolute Gasteiger partial charge is 0.461 e. The molecule has 1 N–H and O–H groups in total. The number of hydrogen-bond acceptors (Lipinski definition) is 7. The zero-order chi connectivity index (χ0) is 22.4. The SMILES string of the molecule is CC1CCc2c(sc3nc(CSc4nnc(-c5ccco5)n4-c4ccccc4)[nH]c(=O)c23)C1. The van der Waals surface area contributed by atoms with Crippen molar-refractivity contribution in [3.63, 3.8) is 0 Å². The average molecular weight is 476 g/mol. The van der Waals surface area contributed by atoms with Gasteiger partial charge in [-0.25, -0.2) is 4.98 Å². The van der Waals surface area contributed by atoms with Crippen molar-refractivity contribution < 1.29 is 4.42 Å². The molecule has 1 aliphatic carbocycles. The first kappa shape index (κ1) is 20.4. The fourth-order valence-corrected chi connectivity index (χ4v) is 6.56. The highest BCUT2D eigenvalue weighted by atomic mass is 32.2. The van der Waals surface area contributed by atoms with Gasteiger partial charge in [0.1, 0.15) is 10.7 Å². The highest BCUT2D eigenvalue weighted by Crippen LogP contribution is 2.36. The molecule has 4 aromatic heterocycles. The fraction of sp³-hybridized carbons (Fsp3) is 0.250. The topological polar surface area (TPSA) is 89.6 Å². The molecule has 6 rings (SSSR count). The van der Waals surface area contributed by atoms with Crippen LogP contribution in [0.25, 0.3) is 27.5 Å². The molecular formula is C24H21N5O2S2. The van der Waals surface area contributed by atoms with Gasteiger partial charge in [-0.05, 0) is 55.0 Å². The lowest BCUT2D eigenvalue weighted by atomic mass is 9.89. The third kappa shape index (κ3) is 3.71. The molecule has 9 heteroatoms. The molecule has 0 saturated heterocycles. The minimum absolute atomic E-state index is 0.0385. The number of furan rings is 1. The molecule has 1 aromatic carbocycles. The Kier molecular flexibility index (Phi) is 5.15. The molecule has 0 fully saturated rings. The zero-order valence-electron chi connectivity index (χ0n) is 17.9. The van der Waals surface area contributed by atoms with Gasteiger partial charge in [-0.2, -0.15) is 0 Å². The van der Waals surface area contributed by atoms with Crippen molar-refractivity contribution in [3.05, 3.63) is 75.3 Å². The summed E-state index contributed by atoms with van der Waals surface area (Å²) in [6.45, 7) is 2.27. The van der Waals surface area contributed by atoms with E-state index in [0.717, 1.165) is 35.2 Å². The monoisotopic (exact) mass is 475 g/mol. The van der Waals surface area contributed by atoms with Crippen LogP contribution in [0.15, 0.2) is 63.1 Å². The molecule has 0 amide bonds. The second-order valence-electron chi connectivity index (χ2n) is 8.29. The quantitative estimate of drug-likeness (QED) is 0.350. The summed E-state index contributed by atoms with van der Waals surface area (Å²) in [6.07, 6.45) is 4.75. The van der Waals surface area contributed by atoms with Crippen LogP contribution in [0.5, 0.6) is 0 Å². The van der Waals surface area contributed by atoms with Crippen LogP contribution in [0.3, 0.4) is 0 Å². The van der Waals surface area contributed by atoms with E-state index in [0.29, 0.717) is 34.2 Å². The first-order valence-corrected chi connectivity index (χ1v) is 12.7. The van der Waals surface area contributed by atoms with Crippen molar-refractivity contribution in [2.75, 3.05) is 0 Å². The van der Waals surface area contributed by atoms with Crippen molar-refractivity contribution in [1.82, 2.24) is 24.7 Å². The molecule has 0 saturated carbocycles. The van der Waals surface area contributed by atoms with Gasteiger partial charge in [0.15, 0.2) is 10.9 Å². The molecule has 33 heavy (non-hydrogen) atoms. The van der Waals surface area contributed by atoms with Crippen molar-refractivity contribution >= 4 is 33.3 Å². The van der Waals surface area contributed by atoms with E-state index in [-0.39, 0.29) is 5.56 Å². The Morgan fingerprint density at radius 1 is 1.21 bits per heavy atom. The highest BCUT2D eigenvalue weighted by Gasteiger charge is 2.23. The van der Waals surface area contributed by atoms with Crippen LogP contribution in [0.2, 0.25) is 0 Å². The third-order valence-electron chi connectivity index (χ3n) is 5.94. The molecule has 1 unspecified atom stereocenters. The summed E-state index contributed by atoms with van der Waals surface area (Å²) in [7, 11) is 0. The molecule has 4 heterocycles. The number of hydrogen-bond donors (Lipinski definition) is 1. The fourth-order valence-electron chi connectivity index (χ4n) is 4.33. The smallest absolute Gasteiger partial charge is 0.259 e. The van der Waals surface area contributed by atoms with Crippen molar-refractivity contribution in [2.45, 2.75) is 37.1 Å². The first-order chi connectivity index (χ1) is 16.2. The van der Waals surface area contributed by atoms with Crippen LogP contribution >= 0.6 is 23.1 Å². The van der Waals surface area contributed by atoms with Gasteiger partial charge in [-0.15, -0.1) is 21.5 Å². The van der Waals surface area contributed by atoms with E-state index in [2.05, 4.69) is 22.1 Å². The summed E-state index contributed by atoms with van der Waals surface area (Å²) >= 11 is 3.16. The minimum atomic E-state index is -0.0385. The van der Waals surface area contributed by atoms with Gasteiger partial charge in [0.2, 0.25) is 5.82 Å². The summed E-state index contributed by atoms with van der Waals surface area (Å²) in [5.74, 6) is 3.06. The predicted octanol–water partition coefficient (Wildman–Crippen LogP) is 5.24. The number of nitrogens with one attached hydrogen (secondary N) is 1. The molecular weight excluding hydrogens is 454 g/mol. The maximum Gasteiger partial charge on any atom is 0.259 e. The molecule has 166 valence electrons. The molecule has 0 aliphatic heterocycles. The molecule has 5 aromatic rings. The molecule has 1 atom stereocenters. The van der Waals surface area contributed by atoms with Gasteiger partial charge in [-0.3, -0.25) is 9.36 Å². The number of aromatic amines is 1. The Morgan fingerprint density at radius 2 is 2.09 bits per heavy atom. The van der Waals surface area contributed by atoms with Gasteiger partial charge < -0.3 is 9.40 Å². The number of fused-ring (bicyclic) bond motifs is 3. The molecule has 1 aliphatic rings. The Bertz CT molecular complexity index is 1480. The number of aromatic nitrogens is 5. The van der Waals surface area contributed by atoms with Crippen molar-refractivity contribution in [3.8, 4) is 17.3 Å². The number of thioether (sulfide) groups is 1. The van der Waals surface area contributed by atoms with Crippen molar-refractivity contribution in [1.29, 1.82) is 0 Å². The van der Waals surface area contributed by atoms with Crippen LogP contribution in [-0.2, 0) is 18.6 Å². The lowest BCUT2D eigenvalue weighted by molar-refractivity contribution is 0.509. The zero-order valence-corrected chi connectivity index (χ0v) is 19.6. The lowest BCUT2D eigenvalue weighted by Crippen LogP contribution is -2.14. The normalized spacial score (nSPS) is 15.7. The van der Waals surface area contributed by atoms with E-state index in [1.165, 1.54) is 22.2 Å². The third-order valence-corrected chi connectivity index (χ3v) is 8.03. The van der Waals surface area contributed by atoms with Crippen molar-refractivity contribution in [2.24, 2.45) is 5.92 Å². The van der Waals surface area contributed by atoms with E-state index < -0.39 is 0 Å². The second kappa shape index (κ2) is 8.31. The highest BCUT2D eigenvalue weighted by molar-refractivity contribution is 7.98. The Morgan fingerprint density at radius 3 is 2.91 bits per heavy atom. The van der Waals surface area contributed by atoms with Gasteiger partial charge in [0.25, 0.3) is 5.56 Å². The van der Waals surface area contributed by atoms with Gasteiger partial charge in [-0.1, -0.05) is 36.9 Å². The number of benzene rings is 1. The number of aryl methyl sites for hydroxylation is 1. The number of rotatable bonds is 5. The van der Waals surface area contributed by atoms with E-state index >= 15 is 0 Å². The van der Waals surface area contributed by atoms with Crippen LogP contribution in [0.4, 0.5) is 0 Å². The van der Waals surface area contributed by atoms with Crippen LogP contribution < -0.4 is 5.56 Å². The second-order valence-corrected chi connectivity index (χ2v) is 10.3. The van der Waals surface area contributed by atoms with Gasteiger partial charge in [0.05, 0.1) is 17.4 Å². The minimum Gasteiger partial charge on any atom is -0.461 e. The first-order valence-electron chi connectivity index (χ1n) is 10.9. The maximum atomic E-state index is 12.9. The Labute approximate surface area is 197 Å². The predicted molar refractivity (Wildman–Crippen MR) is 130 cm³/mol. The van der Waals surface area contributed by atoms with Crippen LogP contribution in [0, 0.1) is 5.92 Å². The summed E-state index contributed by atoms with van der Waals surface area (Å²) in [5, 5.41) is 10.3. The van der Waals surface area contributed by atoms with Gasteiger partial charge in [0, 0.05) is 10.6 Å². The van der Waals surface area contributed by atoms with E-state index in [1.54, 1.807) is 17.6 Å².